The summed E-state index contributed by atoms with van der Waals surface area (Å²) >= 11 is 0. The van der Waals surface area contributed by atoms with E-state index in [0.29, 0.717) is 18.7 Å². The molecule has 1 amide bonds. The summed E-state index contributed by atoms with van der Waals surface area (Å²) < 4.78 is 5.31. The number of hydrogen-bond acceptors (Lipinski definition) is 5. The van der Waals surface area contributed by atoms with Crippen molar-refractivity contribution in [2.24, 2.45) is 0 Å². The Balaban J connectivity index is 1.48. The lowest BCUT2D eigenvalue weighted by atomic mass is 10.1. The second kappa shape index (κ2) is 7.72. The van der Waals surface area contributed by atoms with Gasteiger partial charge in [-0.15, -0.1) is 0 Å². The smallest absolute Gasteiger partial charge is 0.349 e. The topological polar surface area (TPSA) is 66.7 Å². The monoisotopic (exact) mass is 363 g/mol. The fourth-order valence-corrected chi connectivity index (χ4v) is 3.43. The van der Waals surface area contributed by atoms with E-state index in [4.69, 9.17) is 4.42 Å². The molecule has 0 spiro atoms. The molecule has 1 fully saturated rings. The molecule has 2 aromatic heterocycles. The highest BCUT2D eigenvalue weighted by Gasteiger charge is 2.23. The number of nitrogens with zero attached hydrogens (tertiary/aromatic N) is 3. The van der Waals surface area contributed by atoms with Gasteiger partial charge in [-0.05, 0) is 30.7 Å². The van der Waals surface area contributed by atoms with E-state index in [1.807, 2.05) is 30.3 Å². The Morgan fingerprint density at radius 1 is 1.04 bits per heavy atom. The van der Waals surface area contributed by atoms with Crippen molar-refractivity contribution in [1.82, 2.24) is 14.8 Å². The molecule has 0 saturated carbocycles. The molecule has 1 saturated heterocycles. The highest BCUT2D eigenvalue weighted by molar-refractivity contribution is 5.96. The van der Waals surface area contributed by atoms with Gasteiger partial charge < -0.3 is 9.32 Å². The van der Waals surface area contributed by atoms with E-state index >= 15 is 0 Å². The van der Waals surface area contributed by atoms with Gasteiger partial charge in [0.2, 0.25) is 0 Å². The summed E-state index contributed by atoms with van der Waals surface area (Å²) in [6, 6.07) is 14.8. The van der Waals surface area contributed by atoms with Crippen LogP contribution >= 0.6 is 0 Å². The van der Waals surface area contributed by atoms with Crippen LogP contribution in [0.5, 0.6) is 0 Å². The first-order chi connectivity index (χ1) is 13.2. The molecular weight excluding hydrogens is 342 g/mol. The molecule has 1 aromatic carbocycles. The van der Waals surface area contributed by atoms with E-state index in [9.17, 15) is 9.59 Å². The Morgan fingerprint density at radius 2 is 1.89 bits per heavy atom. The molecule has 0 radical (unpaired) electrons. The standard InChI is InChI=1S/C21H21N3O3/c25-20(18-14-16-6-1-2-8-19(16)27-21(18)26)24-11-5-10-23(12-13-24)15-17-7-3-4-9-22-17/h1-4,6-9,14H,5,10-13,15H2. The molecule has 0 N–H and O–H groups in total. The third-order valence-corrected chi connectivity index (χ3v) is 4.86. The summed E-state index contributed by atoms with van der Waals surface area (Å²) in [6.07, 6.45) is 2.65. The zero-order valence-corrected chi connectivity index (χ0v) is 15.0. The van der Waals surface area contributed by atoms with Crippen LogP contribution < -0.4 is 5.63 Å². The molecule has 1 aliphatic rings. The number of benzene rings is 1. The number of hydrogen-bond donors (Lipinski definition) is 0. The molecule has 0 aliphatic carbocycles. The van der Waals surface area contributed by atoms with Crippen LogP contribution in [-0.4, -0.2) is 46.9 Å². The van der Waals surface area contributed by atoms with Crippen molar-refractivity contribution >= 4 is 16.9 Å². The van der Waals surface area contributed by atoms with Crippen molar-refractivity contribution in [3.8, 4) is 0 Å². The van der Waals surface area contributed by atoms with E-state index in [0.717, 1.165) is 37.1 Å². The van der Waals surface area contributed by atoms with Crippen LogP contribution in [0, 0.1) is 0 Å². The minimum Gasteiger partial charge on any atom is -0.422 e. The Morgan fingerprint density at radius 3 is 2.74 bits per heavy atom. The average molecular weight is 363 g/mol. The largest absolute Gasteiger partial charge is 0.422 e. The van der Waals surface area contributed by atoms with Gasteiger partial charge in [0.15, 0.2) is 0 Å². The number of aromatic nitrogens is 1. The lowest BCUT2D eigenvalue weighted by Crippen LogP contribution is -2.37. The normalized spacial score (nSPS) is 15.6. The molecule has 3 aromatic rings. The second-order valence-corrected chi connectivity index (χ2v) is 6.73. The summed E-state index contributed by atoms with van der Waals surface area (Å²) in [5.74, 6) is -0.255. The summed E-state index contributed by atoms with van der Waals surface area (Å²) in [5, 5.41) is 0.757. The van der Waals surface area contributed by atoms with Crippen molar-refractivity contribution in [1.29, 1.82) is 0 Å². The number of carbonyl (C=O) groups excluding carboxylic acids is 1. The van der Waals surface area contributed by atoms with Gasteiger partial charge in [-0.3, -0.25) is 14.7 Å². The molecule has 6 nitrogen and oxygen atoms in total. The molecule has 27 heavy (non-hydrogen) atoms. The van der Waals surface area contributed by atoms with Gasteiger partial charge in [0.05, 0.1) is 5.69 Å². The van der Waals surface area contributed by atoms with Crippen molar-refractivity contribution in [3.63, 3.8) is 0 Å². The average Bonchev–Trinajstić information content (AvgIpc) is 2.93. The van der Waals surface area contributed by atoms with Crippen molar-refractivity contribution < 1.29 is 9.21 Å². The van der Waals surface area contributed by atoms with Gasteiger partial charge in [-0.1, -0.05) is 24.3 Å². The second-order valence-electron chi connectivity index (χ2n) is 6.73. The molecule has 3 heterocycles. The van der Waals surface area contributed by atoms with E-state index in [1.54, 1.807) is 29.3 Å². The van der Waals surface area contributed by atoms with Crippen molar-refractivity contribution in [2.75, 3.05) is 26.2 Å². The van der Waals surface area contributed by atoms with Crippen LogP contribution in [0.4, 0.5) is 0 Å². The summed E-state index contributed by atoms with van der Waals surface area (Å²) in [7, 11) is 0. The first kappa shape index (κ1) is 17.4. The van der Waals surface area contributed by atoms with Crippen LogP contribution in [0.2, 0.25) is 0 Å². The predicted molar refractivity (Wildman–Crippen MR) is 103 cm³/mol. The lowest BCUT2D eigenvalue weighted by molar-refractivity contribution is 0.0757. The van der Waals surface area contributed by atoms with E-state index in [-0.39, 0.29) is 11.5 Å². The van der Waals surface area contributed by atoms with E-state index in [2.05, 4.69) is 9.88 Å². The summed E-state index contributed by atoms with van der Waals surface area (Å²) in [4.78, 5) is 33.6. The van der Waals surface area contributed by atoms with Gasteiger partial charge in [-0.25, -0.2) is 4.79 Å². The fraction of sp³-hybridized carbons (Fsp3) is 0.286. The first-order valence-corrected chi connectivity index (χ1v) is 9.15. The number of fused-ring (bicyclic) bond motifs is 1. The van der Waals surface area contributed by atoms with Gasteiger partial charge in [-0.2, -0.15) is 0 Å². The van der Waals surface area contributed by atoms with Crippen LogP contribution in [-0.2, 0) is 6.54 Å². The number of rotatable bonds is 3. The predicted octanol–water partition coefficient (Wildman–Crippen LogP) is 2.54. The Hall–Kier alpha value is -2.99. The van der Waals surface area contributed by atoms with Crippen LogP contribution in [0.25, 0.3) is 11.0 Å². The molecule has 0 atom stereocenters. The summed E-state index contributed by atoms with van der Waals surface area (Å²) in [6.45, 7) is 3.62. The van der Waals surface area contributed by atoms with E-state index < -0.39 is 5.63 Å². The van der Waals surface area contributed by atoms with Crippen molar-refractivity contribution in [3.05, 3.63) is 76.4 Å². The number of amides is 1. The summed E-state index contributed by atoms with van der Waals surface area (Å²) in [5.41, 5.74) is 1.05. The van der Waals surface area contributed by atoms with Gasteiger partial charge in [0.1, 0.15) is 11.1 Å². The highest BCUT2D eigenvalue weighted by Crippen LogP contribution is 2.15. The Bertz CT molecular complexity index is 1000. The van der Waals surface area contributed by atoms with Crippen LogP contribution in [0.3, 0.4) is 0 Å². The lowest BCUT2D eigenvalue weighted by Gasteiger charge is -2.21. The zero-order chi connectivity index (χ0) is 18.6. The Labute approximate surface area is 157 Å². The quantitative estimate of drug-likeness (QED) is 0.669. The number of para-hydroxylation sites is 1. The Kier molecular flexibility index (Phi) is 4.98. The molecular formula is C21H21N3O3. The maximum atomic E-state index is 12.9. The third kappa shape index (κ3) is 3.90. The van der Waals surface area contributed by atoms with Crippen molar-refractivity contribution in [2.45, 2.75) is 13.0 Å². The fourth-order valence-electron chi connectivity index (χ4n) is 3.43. The van der Waals surface area contributed by atoms with Crippen LogP contribution in [0.1, 0.15) is 22.5 Å². The molecule has 1 aliphatic heterocycles. The maximum Gasteiger partial charge on any atom is 0.349 e. The molecule has 138 valence electrons. The molecule has 4 rings (SSSR count). The van der Waals surface area contributed by atoms with Gasteiger partial charge in [0.25, 0.3) is 5.91 Å². The molecule has 0 bridgehead atoms. The maximum absolute atomic E-state index is 12.9. The highest BCUT2D eigenvalue weighted by atomic mass is 16.4. The third-order valence-electron chi connectivity index (χ3n) is 4.86. The van der Waals surface area contributed by atoms with Crippen LogP contribution in [0.15, 0.2) is 63.9 Å². The van der Waals surface area contributed by atoms with Gasteiger partial charge >= 0.3 is 5.63 Å². The molecule has 0 unspecified atom stereocenters. The molecule has 6 heteroatoms. The van der Waals surface area contributed by atoms with Gasteiger partial charge in [0, 0.05) is 44.3 Å². The minimum absolute atomic E-state index is 0.104. The number of carbonyl (C=O) groups is 1. The number of pyridine rings is 1. The van der Waals surface area contributed by atoms with E-state index in [1.165, 1.54) is 0 Å². The SMILES string of the molecule is O=C(c1cc2ccccc2oc1=O)N1CCCN(Cc2ccccn2)CC1. The zero-order valence-electron chi connectivity index (χ0n) is 15.0. The first-order valence-electron chi connectivity index (χ1n) is 9.15. The minimum atomic E-state index is -0.576.